The average molecular weight is 430 g/mol. The van der Waals surface area contributed by atoms with E-state index in [0.29, 0.717) is 11.3 Å². The van der Waals surface area contributed by atoms with Crippen LogP contribution in [0.1, 0.15) is 49.7 Å². The summed E-state index contributed by atoms with van der Waals surface area (Å²) < 4.78 is 23.5. The second-order valence-corrected chi connectivity index (χ2v) is 8.68. The number of amides is 1. The van der Waals surface area contributed by atoms with E-state index in [-0.39, 0.29) is 23.7 Å². The Kier molecular flexibility index (Phi) is 6.31. The minimum absolute atomic E-state index is 0.132. The number of benzene rings is 1. The zero-order valence-electron chi connectivity index (χ0n) is 18.1. The SMILES string of the molecule is COC(=O)c1cc(-c2ccc(F)cc2)nc(C(O)(CNC(=O)OC(C)(C)C)C2CC2)c1. The summed E-state index contributed by atoms with van der Waals surface area (Å²) in [4.78, 5) is 29.0. The van der Waals surface area contributed by atoms with Gasteiger partial charge in [-0.3, -0.25) is 0 Å². The normalized spacial score (nSPS) is 15.7. The molecule has 2 N–H and O–H groups in total. The molecule has 7 nitrogen and oxygen atoms in total. The molecule has 1 unspecified atom stereocenters. The molecule has 0 saturated heterocycles. The van der Waals surface area contributed by atoms with Crippen molar-refractivity contribution in [1.29, 1.82) is 0 Å². The summed E-state index contributed by atoms with van der Waals surface area (Å²) in [5.74, 6) is -1.13. The van der Waals surface area contributed by atoms with E-state index in [4.69, 9.17) is 9.47 Å². The second-order valence-electron chi connectivity index (χ2n) is 8.68. The fourth-order valence-corrected chi connectivity index (χ4v) is 3.28. The molecule has 1 heterocycles. The molecule has 2 aromatic rings. The molecule has 1 amide bonds. The van der Waals surface area contributed by atoms with Crippen LogP contribution >= 0.6 is 0 Å². The molecule has 1 saturated carbocycles. The largest absolute Gasteiger partial charge is 0.465 e. The highest BCUT2D eigenvalue weighted by atomic mass is 19.1. The van der Waals surface area contributed by atoms with Crippen molar-refractivity contribution in [2.75, 3.05) is 13.7 Å². The molecule has 1 aromatic heterocycles. The molecule has 1 aliphatic carbocycles. The van der Waals surface area contributed by atoms with Crippen LogP contribution in [0.3, 0.4) is 0 Å². The monoisotopic (exact) mass is 430 g/mol. The van der Waals surface area contributed by atoms with Crippen LogP contribution in [-0.4, -0.2) is 41.4 Å². The molecule has 1 aliphatic rings. The van der Waals surface area contributed by atoms with Crippen LogP contribution in [0.5, 0.6) is 0 Å². The van der Waals surface area contributed by atoms with Gasteiger partial charge in [0.15, 0.2) is 0 Å². The number of hydrogen-bond acceptors (Lipinski definition) is 6. The minimum Gasteiger partial charge on any atom is -0.465 e. The molecule has 0 spiro atoms. The van der Waals surface area contributed by atoms with Crippen molar-refractivity contribution in [3.63, 3.8) is 0 Å². The molecular weight excluding hydrogens is 403 g/mol. The number of halogens is 1. The van der Waals surface area contributed by atoms with Gasteiger partial charge in [-0.05, 0) is 75.9 Å². The fourth-order valence-electron chi connectivity index (χ4n) is 3.28. The molecule has 1 atom stereocenters. The first-order valence-electron chi connectivity index (χ1n) is 10.1. The molecule has 1 aromatic carbocycles. The van der Waals surface area contributed by atoms with E-state index in [1.165, 1.54) is 43.5 Å². The maximum atomic E-state index is 13.4. The van der Waals surface area contributed by atoms with Crippen LogP contribution in [0.15, 0.2) is 36.4 Å². The summed E-state index contributed by atoms with van der Waals surface area (Å²) in [7, 11) is 1.26. The molecule has 0 aliphatic heterocycles. The minimum atomic E-state index is -1.50. The van der Waals surface area contributed by atoms with Crippen LogP contribution in [-0.2, 0) is 15.1 Å². The molecule has 1 fully saturated rings. The summed E-state index contributed by atoms with van der Waals surface area (Å²) in [5.41, 5.74) is -0.798. The number of hydrogen-bond donors (Lipinski definition) is 2. The van der Waals surface area contributed by atoms with E-state index in [0.717, 1.165) is 12.8 Å². The van der Waals surface area contributed by atoms with Gasteiger partial charge in [-0.2, -0.15) is 0 Å². The first-order valence-corrected chi connectivity index (χ1v) is 10.1. The number of aromatic nitrogens is 1. The van der Waals surface area contributed by atoms with Gasteiger partial charge in [-0.25, -0.2) is 19.0 Å². The highest BCUT2D eigenvalue weighted by Gasteiger charge is 2.47. The molecule has 3 rings (SSSR count). The number of ether oxygens (including phenoxy) is 2. The number of aliphatic hydroxyl groups is 1. The number of nitrogens with one attached hydrogen (secondary N) is 1. The molecular formula is C23H27FN2O5. The predicted octanol–water partition coefficient (Wildman–Crippen LogP) is 3.80. The van der Waals surface area contributed by atoms with Crippen LogP contribution in [0.2, 0.25) is 0 Å². The van der Waals surface area contributed by atoms with E-state index >= 15 is 0 Å². The van der Waals surface area contributed by atoms with Gasteiger partial charge in [0.05, 0.1) is 30.6 Å². The lowest BCUT2D eigenvalue weighted by Crippen LogP contribution is -2.44. The third-order valence-corrected chi connectivity index (χ3v) is 4.98. The summed E-state index contributed by atoms with van der Waals surface area (Å²) in [6.07, 6.45) is 0.847. The number of methoxy groups -OCH3 is 1. The van der Waals surface area contributed by atoms with Gasteiger partial charge in [0.2, 0.25) is 0 Å². The van der Waals surface area contributed by atoms with Crippen LogP contribution < -0.4 is 5.32 Å². The van der Waals surface area contributed by atoms with Crippen molar-refractivity contribution < 1.29 is 28.6 Å². The van der Waals surface area contributed by atoms with Crippen LogP contribution in [0, 0.1) is 11.7 Å². The van der Waals surface area contributed by atoms with Crippen LogP contribution in [0.25, 0.3) is 11.3 Å². The van der Waals surface area contributed by atoms with Crippen molar-refractivity contribution in [3.05, 3.63) is 53.5 Å². The van der Waals surface area contributed by atoms with Crippen molar-refractivity contribution in [1.82, 2.24) is 10.3 Å². The van der Waals surface area contributed by atoms with E-state index in [1.54, 1.807) is 20.8 Å². The number of carbonyl (C=O) groups excluding carboxylic acids is 2. The van der Waals surface area contributed by atoms with Gasteiger partial charge in [0.1, 0.15) is 17.0 Å². The van der Waals surface area contributed by atoms with Crippen molar-refractivity contribution >= 4 is 12.1 Å². The Bertz CT molecular complexity index is 967. The van der Waals surface area contributed by atoms with E-state index in [9.17, 15) is 19.1 Å². The van der Waals surface area contributed by atoms with Gasteiger partial charge >= 0.3 is 12.1 Å². The third kappa shape index (κ3) is 5.58. The number of rotatable bonds is 6. The van der Waals surface area contributed by atoms with Crippen molar-refractivity contribution in [3.8, 4) is 11.3 Å². The average Bonchev–Trinajstić information content (AvgIpc) is 3.56. The number of nitrogens with zero attached hydrogens (tertiary/aromatic N) is 1. The number of esters is 1. The topological polar surface area (TPSA) is 97.8 Å². The fraction of sp³-hybridized carbons (Fsp3) is 0.435. The Labute approximate surface area is 180 Å². The van der Waals surface area contributed by atoms with E-state index in [1.807, 2.05) is 0 Å². The Hall–Kier alpha value is -3.00. The summed E-state index contributed by atoms with van der Waals surface area (Å²) in [5, 5.41) is 14.1. The van der Waals surface area contributed by atoms with Crippen molar-refractivity contribution in [2.24, 2.45) is 5.92 Å². The standard InChI is InChI=1S/C23H27FN2O5/c1-22(2,3)31-21(28)25-13-23(29,16-7-8-16)19-12-15(20(27)30-4)11-18(26-19)14-5-9-17(24)10-6-14/h5-6,9-12,16,29H,7-8,13H2,1-4H3,(H,25,28). The zero-order valence-corrected chi connectivity index (χ0v) is 18.1. The first-order chi connectivity index (χ1) is 14.5. The number of alkyl carbamates (subject to hydrolysis) is 1. The van der Waals surface area contributed by atoms with Gasteiger partial charge < -0.3 is 19.9 Å². The Morgan fingerprint density at radius 1 is 1.19 bits per heavy atom. The van der Waals surface area contributed by atoms with Crippen LogP contribution in [0.4, 0.5) is 9.18 Å². The number of pyridine rings is 1. The summed E-state index contributed by atoms with van der Waals surface area (Å²) in [6, 6.07) is 8.65. The first kappa shape index (κ1) is 22.7. The Morgan fingerprint density at radius 2 is 1.84 bits per heavy atom. The summed E-state index contributed by atoms with van der Waals surface area (Å²) >= 11 is 0. The second kappa shape index (κ2) is 8.63. The van der Waals surface area contributed by atoms with Gasteiger partial charge in [-0.15, -0.1) is 0 Å². The van der Waals surface area contributed by atoms with Gasteiger partial charge in [-0.1, -0.05) is 0 Å². The van der Waals surface area contributed by atoms with Gasteiger partial charge in [0.25, 0.3) is 0 Å². The molecule has 8 heteroatoms. The highest BCUT2D eigenvalue weighted by molar-refractivity contribution is 5.90. The Balaban J connectivity index is 1.98. The quantitative estimate of drug-likeness (QED) is 0.677. The summed E-state index contributed by atoms with van der Waals surface area (Å²) in [6.45, 7) is 5.11. The molecule has 0 bridgehead atoms. The smallest absolute Gasteiger partial charge is 0.407 e. The molecule has 31 heavy (non-hydrogen) atoms. The maximum Gasteiger partial charge on any atom is 0.407 e. The Morgan fingerprint density at radius 3 is 2.39 bits per heavy atom. The lowest BCUT2D eigenvalue weighted by molar-refractivity contribution is 0.00174. The zero-order chi connectivity index (χ0) is 22.8. The van der Waals surface area contributed by atoms with E-state index < -0.39 is 29.1 Å². The third-order valence-electron chi connectivity index (χ3n) is 4.98. The lowest BCUT2D eigenvalue weighted by Gasteiger charge is -2.29. The molecule has 0 radical (unpaired) electrons. The maximum absolute atomic E-state index is 13.4. The highest BCUT2D eigenvalue weighted by Crippen LogP contribution is 2.45. The van der Waals surface area contributed by atoms with Gasteiger partial charge in [0, 0.05) is 5.56 Å². The van der Waals surface area contributed by atoms with Crippen molar-refractivity contribution in [2.45, 2.75) is 44.8 Å². The lowest BCUT2D eigenvalue weighted by atomic mass is 9.91. The number of carbonyl (C=O) groups is 2. The van der Waals surface area contributed by atoms with E-state index in [2.05, 4.69) is 10.3 Å². The molecule has 166 valence electrons. The predicted molar refractivity (Wildman–Crippen MR) is 112 cm³/mol.